The monoisotopic (exact) mass is 313 g/mol. The van der Waals surface area contributed by atoms with E-state index in [4.69, 9.17) is 9.47 Å². The molecule has 0 atom stereocenters. The summed E-state index contributed by atoms with van der Waals surface area (Å²) < 4.78 is 9.58. The number of amides is 1. The summed E-state index contributed by atoms with van der Waals surface area (Å²) in [5, 5.41) is 2.38. The maximum absolute atomic E-state index is 12.2. The van der Waals surface area contributed by atoms with E-state index in [1.807, 2.05) is 6.92 Å². The first kappa shape index (κ1) is 17.2. The molecule has 0 aliphatic carbocycles. The van der Waals surface area contributed by atoms with Crippen LogP contribution in [0.3, 0.4) is 0 Å². The van der Waals surface area contributed by atoms with Gasteiger partial charge in [0.2, 0.25) is 6.04 Å². The number of thiophene rings is 1. The minimum atomic E-state index is -1.45. The third kappa shape index (κ3) is 4.56. The quantitative estimate of drug-likeness (QED) is 0.637. The highest BCUT2D eigenvalue weighted by Gasteiger charge is 2.32. The van der Waals surface area contributed by atoms with Gasteiger partial charge in [0, 0.05) is 9.75 Å². The standard InChI is InChI=1S/C14H19NO5S/c1-5-19-13(17)11(14(18)20-6-2)15-12(16)10-7-8(3)21-9(10)4/h7,11H,5-6H2,1-4H3,(H,15,16). The molecule has 1 aromatic heterocycles. The van der Waals surface area contributed by atoms with Gasteiger partial charge >= 0.3 is 11.9 Å². The summed E-state index contributed by atoms with van der Waals surface area (Å²) in [6.45, 7) is 7.14. The molecule has 0 spiro atoms. The average Bonchev–Trinajstić information content (AvgIpc) is 2.75. The number of nitrogens with one attached hydrogen (secondary N) is 1. The molecule has 0 aliphatic rings. The SMILES string of the molecule is CCOC(=O)C(NC(=O)c1cc(C)sc1C)C(=O)OCC. The second kappa shape index (κ2) is 7.78. The summed E-state index contributed by atoms with van der Waals surface area (Å²) in [6, 6.07) is 0.264. The smallest absolute Gasteiger partial charge is 0.340 e. The molecule has 21 heavy (non-hydrogen) atoms. The molecular formula is C14H19NO5S. The number of hydrogen-bond acceptors (Lipinski definition) is 6. The molecule has 0 saturated heterocycles. The highest BCUT2D eigenvalue weighted by molar-refractivity contribution is 7.12. The van der Waals surface area contributed by atoms with Crippen LogP contribution >= 0.6 is 11.3 Å². The zero-order chi connectivity index (χ0) is 16.0. The molecule has 0 unspecified atom stereocenters. The molecule has 1 N–H and O–H groups in total. The van der Waals surface area contributed by atoms with E-state index in [1.165, 1.54) is 11.3 Å². The molecule has 0 bridgehead atoms. The average molecular weight is 313 g/mol. The second-order valence-corrected chi connectivity index (χ2v) is 5.70. The Hall–Kier alpha value is -1.89. The van der Waals surface area contributed by atoms with Gasteiger partial charge in [-0.1, -0.05) is 0 Å². The van der Waals surface area contributed by atoms with E-state index in [2.05, 4.69) is 5.32 Å². The van der Waals surface area contributed by atoms with Gasteiger partial charge in [-0.15, -0.1) is 11.3 Å². The van der Waals surface area contributed by atoms with Crippen LogP contribution in [0.5, 0.6) is 0 Å². The summed E-state index contributed by atoms with van der Waals surface area (Å²) in [7, 11) is 0. The van der Waals surface area contributed by atoms with Crippen molar-refractivity contribution in [2.24, 2.45) is 0 Å². The molecule has 116 valence electrons. The largest absolute Gasteiger partial charge is 0.464 e. The summed E-state index contributed by atoms with van der Waals surface area (Å²) in [5.74, 6) is -2.15. The number of aryl methyl sites for hydroxylation is 2. The molecule has 0 saturated carbocycles. The minimum Gasteiger partial charge on any atom is -0.464 e. The van der Waals surface area contributed by atoms with Crippen LogP contribution in [-0.4, -0.2) is 37.1 Å². The first-order valence-electron chi connectivity index (χ1n) is 6.61. The fourth-order valence-electron chi connectivity index (χ4n) is 1.73. The minimum absolute atomic E-state index is 0.112. The summed E-state index contributed by atoms with van der Waals surface area (Å²) in [6.07, 6.45) is 0. The zero-order valence-electron chi connectivity index (χ0n) is 12.5. The van der Waals surface area contributed by atoms with Gasteiger partial charge in [-0.05, 0) is 33.8 Å². The third-order valence-electron chi connectivity index (χ3n) is 2.61. The van der Waals surface area contributed by atoms with E-state index >= 15 is 0 Å². The molecule has 6 nitrogen and oxygen atoms in total. The molecule has 1 amide bonds. The van der Waals surface area contributed by atoms with E-state index in [9.17, 15) is 14.4 Å². The van der Waals surface area contributed by atoms with Crippen LogP contribution in [0.4, 0.5) is 0 Å². The Labute approximate surface area is 127 Å². The molecule has 0 fully saturated rings. The van der Waals surface area contributed by atoms with Gasteiger partial charge in [0.25, 0.3) is 5.91 Å². The molecule has 1 aromatic rings. The van der Waals surface area contributed by atoms with Gasteiger partial charge in [0.05, 0.1) is 18.8 Å². The number of carbonyl (C=O) groups is 3. The Bertz CT molecular complexity index is 519. The number of carbonyl (C=O) groups excluding carboxylic acids is 3. The maximum Gasteiger partial charge on any atom is 0.340 e. The first-order chi connectivity index (χ1) is 9.90. The van der Waals surface area contributed by atoms with Crippen molar-refractivity contribution < 1.29 is 23.9 Å². The number of ether oxygens (including phenoxy) is 2. The summed E-state index contributed by atoms with van der Waals surface area (Å²) in [5.41, 5.74) is 0.441. The predicted molar refractivity (Wildman–Crippen MR) is 78.3 cm³/mol. The predicted octanol–water partition coefficient (Wildman–Crippen LogP) is 1.59. The van der Waals surface area contributed by atoms with E-state index < -0.39 is 23.9 Å². The van der Waals surface area contributed by atoms with Crippen molar-refractivity contribution in [3.05, 3.63) is 21.4 Å². The van der Waals surface area contributed by atoms with Gasteiger partial charge in [-0.3, -0.25) is 4.79 Å². The summed E-state index contributed by atoms with van der Waals surface area (Å²) in [4.78, 5) is 37.5. The fraction of sp³-hybridized carbons (Fsp3) is 0.500. The van der Waals surface area contributed by atoms with Crippen LogP contribution < -0.4 is 5.32 Å². The lowest BCUT2D eigenvalue weighted by Crippen LogP contribution is -2.48. The maximum atomic E-state index is 12.2. The molecule has 0 aromatic carbocycles. The molecule has 1 heterocycles. The number of rotatable bonds is 6. The lowest BCUT2D eigenvalue weighted by Gasteiger charge is -2.15. The van der Waals surface area contributed by atoms with Crippen LogP contribution in [0.15, 0.2) is 6.07 Å². The van der Waals surface area contributed by atoms with Gasteiger partial charge < -0.3 is 14.8 Å². The second-order valence-electron chi connectivity index (χ2n) is 4.24. The van der Waals surface area contributed by atoms with Gasteiger partial charge in [-0.25, -0.2) is 9.59 Å². The Morgan fingerprint density at radius 1 is 1.14 bits per heavy atom. The zero-order valence-corrected chi connectivity index (χ0v) is 13.3. The summed E-state index contributed by atoms with van der Waals surface area (Å²) >= 11 is 1.47. The Morgan fingerprint density at radius 3 is 2.05 bits per heavy atom. The Morgan fingerprint density at radius 2 is 1.67 bits per heavy atom. The topological polar surface area (TPSA) is 81.7 Å². The Kier molecular flexibility index (Phi) is 6.36. The number of esters is 2. The van der Waals surface area contributed by atoms with Crippen molar-refractivity contribution in [1.29, 1.82) is 0 Å². The van der Waals surface area contributed by atoms with Crippen LogP contribution in [0, 0.1) is 13.8 Å². The number of hydrogen-bond donors (Lipinski definition) is 1. The Balaban J connectivity index is 2.90. The normalized spacial score (nSPS) is 10.3. The molecular weight excluding hydrogens is 294 g/mol. The van der Waals surface area contributed by atoms with E-state index in [-0.39, 0.29) is 13.2 Å². The highest BCUT2D eigenvalue weighted by atomic mass is 32.1. The van der Waals surface area contributed by atoms with Crippen LogP contribution in [-0.2, 0) is 19.1 Å². The van der Waals surface area contributed by atoms with Crippen molar-refractivity contribution in [3.63, 3.8) is 0 Å². The van der Waals surface area contributed by atoms with Crippen molar-refractivity contribution in [2.45, 2.75) is 33.7 Å². The lowest BCUT2D eigenvalue weighted by molar-refractivity contribution is -0.157. The van der Waals surface area contributed by atoms with Crippen molar-refractivity contribution >= 4 is 29.2 Å². The van der Waals surface area contributed by atoms with Crippen LogP contribution in [0.25, 0.3) is 0 Å². The van der Waals surface area contributed by atoms with Crippen LogP contribution in [0.2, 0.25) is 0 Å². The molecule has 0 radical (unpaired) electrons. The molecule has 7 heteroatoms. The van der Waals surface area contributed by atoms with Gasteiger partial charge in [0.15, 0.2) is 0 Å². The highest BCUT2D eigenvalue weighted by Crippen LogP contribution is 2.20. The molecule has 0 aliphatic heterocycles. The van der Waals surface area contributed by atoms with Gasteiger partial charge in [-0.2, -0.15) is 0 Å². The first-order valence-corrected chi connectivity index (χ1v) is 7.43. The van der Waals surface area contributed by atoms with Crippen molar-refractivity contribution in [3.8, 4) is 0 Å². The van der Waals surface area contributed by atoms with Gasteiger partial charge in [0.1, 0.15) is 0 Å². The third-order valence-corrected chi connectivity index (χ3v) is 3.57. The van der Waals surface area contributed by atoms with E-state index in [0.29, 0.717) is 5.56 Å². The molecule has 1 rings (SSSR count). The van der Waals surface area contributed by atoms with E-state index in [0.717, 1.165) is 9.75 Å². The van der Waals surface area contributed by atoms with Crippen molar-refractivity contribution in [1.82, 2.24) is 5.32 Å². The van der Waals surface area contributed by atoms with Crippen molar-refractivity contribution in [2.75, 3.05) is 13.2 Å². The van der Waals surface area contributed by atoms with Crippen LogP contribution in [0.1, 0.15) is 34.0 Å². The lowest BCUT2D eigenvalue weighted by atomic mass is 10.2. The fourth-order valence-corrected chi connectivity index (χ4v) is 2.65. The van der Waals surface area contributed by atoms with E-state index in [1.54, 1.807) is 26.8 Å².